The zero-order valence-corrected chi connectivity index (χ0v) is 17.9. The third kappa shape index (κ3) is 6.79. The molecule has 1 heterocycles. The third-order valence-corrected chi connectivity index (χ3v) is 5.43. The molecule has 1 saturated heterocycles. The van der Waals surface area contributed by atoms with Crippen LogP contribution in [0.3, 0.4) is 0 Å². The fourth-order valence-corrected chi connectivity index (χ4v) is 3.62. The number of ether oxygens (including phenoxy) is 1. The molecule has 156 valence electrons. The van der Waals surface area contributed by atoms with Gasteiger partial charge in [-0.05, 0) is 49.9 Å². The van der Waals surface area contributed by atoms with Crippen molar-refractivity contribution in [2.75, 3.05) is 20.1 Å². The standard InChI is InChI=1S/C24H34N4O/c1-19(2)28-14-12-22(13-15-28)27-24(25-3)26-17-21-10-7-11-23(16-21)29-18-20-8-5-4-6-9-20/h4-11,16,19,22H,12-15,17-18H2,1-3H3,(H2,25,26,27). The number of hydrogen-bond donors (Lipinski definition) is 2. The number of likely N-dealkylation sites (tertiary alicyclic amines) is 1. The Balaban J connectivity index is 1.46. The molecule has 0 bridgehead atoms. The molecule has 29 heavy (non-hydrogen) atoms. The summed E-state index contributed by atoms with van der Waals surface area (Å²) in [6, 6.07) is 19.6. The summed E-state index contributed by atoms with van der Waals surface area (Å²) in [6.45, 7) is 8.13. The average Bonchev–Trinajstić information content (AvgIpc) is 2.76. The van der Waals surface area contributed by atoms with E-state index in [1.54, 1.807) is 0 Å². The van der Waals surface area contributed by atoms with Crippen molar-refractivity contribution in [3.63, 3.8) is 0 Å². The molecule has 2 aromatic rings. The Morgan fingerprint density at radius 3 is 2.48 bits per heavy atom. The fourth-order valence-electron chi connectivity index (χ4n) is 3.62. The van der Waals surface area contributed by atoms with Gasteiger partial charge in [-0.25, -0.2) is 0 Å². The van der Waals surface area contributed by atoms with E-state index in [1.807, 2.05) is 37.4 Å². The third-order valence-electron chi connectivity index (χ3n) is 5.43. The highest BCUT2D eigenvalue weighted by molar-refractivity contribution is 5.79. The number of nitrogens with one attached hydrogen (secondary N) is 2. The number of nitrogens with zero attached hydrogens (tertiary/aromatic N) is 2. The van der Waals surface area contributed by atoms with Crippen molar-refractivity contribution in [1.29, 1.82) is 0 Å². The summed E-state index contributed by atoms with van der Waals surface area (Å²) in [7, 11) is 1.83. The van der Waals surface area contributed by atoms with Crippen LogP contribution in [0.1, 0.15) is 37.8 Å². The lowest BCUT2D eigenvalue weighted by Gasteiger charge is -2.35. The van der Waals surface area contributed by atoms with E-state index in [-0.39, 0.29) is 0 Å². The summed E-state index contributed by atoms with van der Waals surface area (Å²) in [5.41, 5.74) is 2.34. The Morgan fingerprint density at radius 2 is 1.79 bits per heavy atom. The second-order valence-corrected chi connectivity index (χ2v) is 7.90. The minimum Gasteiger partial charge on any atom is -0.489 e. The predicted molar refractivity (Wildman–Crippen MR) is 120 cm³/mol. The molecule has 2 aromatic carbocycles. The normalized spacial score (nSPS) is 16.1. The smallest absolute Gasteiger partial charge is 0.191 e. The molecule has 0 amide bonds. The highest BCUT2D eigenvalue weighted by Crippen LogP contribution is 2.16. The molecular weight excluding hydrogens is 360 g/mol. The summed E-state index contributed by atoms with van der Waals surface area (Å²) in [6.07, 6.45) is 2.31. The largest absolute Gasteiger partial charge is 0.489 e. The molecule has 0 spiro atoms. The van der Waals surface area contributed by atoms with Gasteiger partial charge in [-0.2, -0.15) is 0 Å². The maximum absolute atomic E-state index is 5.94. The van der Waals surface area contributed by atoms with Crippen LogP contribution in [-0.4, -0.2) is 43.1 Å². The van der Waals surface area contributed by atoms with Crippen molar-refractivity contribution in [3.05, 3.63) is 65.7 Å². The first kappa shape index (κ1) is 21.2. The van der Waals surface area contributed by atoms with E-state index < -0.39 is 0 Å². The van der Waals surface area contributed by atoms with Gasteiger partial charge in [-0.1, -0.05) is 42.5 Å². The fraction of sp³-hybridized carbons (Fsp3) is 0.458. The lowest BCUT2D eigenvalue weighted by molar-refractivity contribution is 0.167. The van der Waals surface area contributed by atoms with Crippen LogP contribution in [0.2, 0.25) is 0 Å². The number of guanidine groups is 1. The first-order valence-electron chi connectivity index (χ1n) is 10.6. The lowest BCUT2D eigenvalue weighted by Crippen LogP contribution is -2.49. The Bertz CT molecular complexity index is 767. The van der Waals surface area contributed by atoms with E-state index in [4.69, 9.17) is 4.74 Å². The number of hydrogen-bond acceptors (Lipinski definition) is 3. The van der Waals surface area contributed by atoms with Crippen molar-refractivity contribution < 1.29 is 4.74 Å². The summed E-state index contributed by atoms with van der Waals surface area (Å²) < 4.78 is 5.94. The van der Waals surface area contributed by atoms with Gasteiger partial charge in [0.2, 0.25) is 0 Å². The summed E-state index contributed by atoms with van der Waals surface area (Å²) in [4.78, 5) is 6.94. The first-order valence-corrected chi connectivity index (χ1v) is 10.6. The predicted octanol–water partition coefficient (Wildman–Crippen LogP) is 3.80. The number of rotatable bonds is 7. The van der Waals surface area contributed by atoms with Gasteiger partial charge in [0.25, 0.3) is 0 Å². The van der Waals surface area contributed by atoms with E-state index in [0.717, 1.165) is 37.6 Å². The summed E-state index contributed by atoms with van der Waals surface area (Å²) in [5, 5.41) is 7.02. The highest BCUT2D eigenvalue weighted by Gasteiger charge is 2.21. The van der Waals surface area contributed by atoms with E-state index in [2.05, 4.69) is 58.6 Å². The Labute approximate surface area is 175 Å². The minimum absolute atomic E-state index is 0.483. The van der Waals surface area contributed by atoms with Gasteiger partial charge < -0.3 is 20.3 Å². The van der Waals surface area contributed by atoms with Crippen LogP contribution in [-0.2, 0) is 13.2 Å². The summed E-state index contributed by atoms with van der Waals surface area (Å²) >= 11 is 0. The number of benzene rings is 2. The minimum atomic E-state index is 0.483. The topological polar surface area (TPSA) is 48.9 Å². The Kier molecular flexibility index (Phi) is 7.94. The first-order chi connectivity index (χ1) is 14.1. The molecule has 2 N–H and O–H groups in total. The van der Waals surface area contributed by atoms with Gasteiger partial charge in [0.05, 0.1) is 0 Å². The Hall–Kier alpha value is -2.53. The molecule has 0 aliphatic carbocycles. The molecule has 1 aliphatic heterocycles. The summed E-state index contributed by atoms with van der Waals surface area (Å²) in [5.74, 6) is 1.75. The van der Waals surface area contributed by atoms with E-state index >= 15 is 0 Å². The SMILES string of the molecule is CN=C(NCc1cccc(OCc2ccccc2)c1)NC1CCN(C(C)C)CC1. The van der Waals surface area contributed by atoms with Crippen LogP contribution >= 0.6 is 0 Å². The van der Waals surface area contributed by atoms with E-state index in [1.165, 1.54) is 11.1 Å². The maximum atomic E-state index is 5.94. The lowest BCUT2D eigenvalue weighted by atomic mass is 10.0. The van der Waals surface area contributed by atoms with Gasteiger partial charge >= 0.3 is 0 Å². The molecule has 0 radical (unpaired) electrons. The molecule has 3 rings (SSSR count). The maximum Gasteiger partial charge on any atom is 0.191 e. The highest BCUT2D eigenvalue weighted by atomic mass is 16.5. The van der Waals surface area contributed by atoms with Crippen molar-refractivity contribution >= 4 is 5.96 Å². The molecule has 0 atom stereocenters. The van der Waals surface area contributed by atoms with E-state index in [0.29, 0.717) is 25.2 Å². The second-order valence-electron chi connectivity index (χ2n) is 7.90. The van der Waals surface area contributed by atoms with Crippen LogP contribution < -0.4 is 15.4 Å². The monoisotopic (exact) mass is 394 g/mol. The zero-order valence-electron chi connectivity index (χ0n) is 17.9. The van der Waals surface area contributed by atoms with E-state index in [9.17, 15) is 0 Å². The van der Waals surface area contributed by atoms with Crippen LogP contribution in [0.4, 0.5) is 0 Å². The van der Waals surface area contributed by atoms with Crippen LogP contribution in [0.25, 0.3) is 0 Å². The van der Waals surface area contributed by atoms with Crippen LogP contribution in [0.5, 0.6) is 5.75 Å². The van der Waals surface area contributed by atoms with Gasteiger partial charge in [0.15, 0.2) is 5.96 Å². The molecule has 5 nitrogen and oxygen atoms in total. The van der Waals surface area contributed by atoms with Gasteiger partial charge in [0, 0.05) is 38.8 Å². The molecule has 0 saturated carbocycles. The number of aliphatic imine (C=N–C) groups is 1. The molecule has 0 unspecified atom stereocenters. The van der Waals surface area contributed by atoms with Gasteiger partial charge in [0.1, 0.15) is 12.4 Å². The molecule has 1 fully saturated rings. The molecule has 5 heteroatoms. The van der Waals surface area contributed by atoms with Crippen molar-refractivity contribution in [2.24, 2.45) is 4.99 Å². The van der Waals surface area contributed by atoms with Crippen LogP contribution in [0.15, 0.2) is 59.6 Å². The number of piperidine rings is 1. The quantitative estimate of drug-likeness (QED) is 0.554. The van der Waals surface area contributed by atoms with Crippen molar-refractivity contribution in [2.45, 2.75) is 51.9 Å². The zero-order chi connectivity index (χ0) is 20.5. The van der Waals surface area contributed by atoms with Gasteiger partial charge in [-0.3, -0.25) is 4.99 Å². The van der Waals surface area contributed by atoms with Gasteiger partial charge in [-0.15, -0.1) is 0 Å². The molecule has 1 aliphatic rings. The molecule has 0 aromatic heterocycles. The van der Waals surface area contributed by atoms with Crippen molar-refractivity contribution in [3.8, 4) is 5.75 Å². The Morgan fingerprint density at radius 1 is 1.07 bits per heavy atom. The second kappa shape index (κ2) is 10.9. The van der Waals surface area contributed by atoms with Crippen molar-refractivity contribution in [1.82, 2.24) is 15.5 Å². The molecular formula is C24H34N4O. The average molecular weight is 395 g/mol. The van der Waals surface area contributed by atoms with Crippen LogP contribution in [0, 0.1) is 0 Å².